The number of aliphatic hydroxyl groups is 1. The summed E-state index contributed by atoms with van der Waals surface area (Å²) in [6.07, 6.45) is 0.0283. The molecule has 2 aromatic carbocycles. The van der Waals surface area contributed by atoms with Crippen LogP contribution in [0.3, 0.4) is 0 Å². The van der Waals surface area contributed by atoms with Crippen LogP contribution in [-0.2, 0) is 5.60 Å². The fourth-order valence-electron chi connectivity index (χ4n) is 1.86. The zero-order valence-corrected chi connectivity index (χ0v) is 11.1. The topological polar surface area (TPSA) is 29.5 Å². The highest BCUT2D eigenvalue weighted by Gasteiger charge is 2.22. The number of alkyl halides is 1. The molecule has 0 aliphatic rings. The normalized spacial score (nSPS) is 13.8. The molecule has 4 heteroatoms. The molecule has 0 aromatic heterocycles. The highest BCUT2D eigenvalue weighted by atomic mass is 19.1. The van der Waals surface area contributed by atoms with Gasteiger partial charge in [0.1, 0.15) is 5.75 Å². The molecule has 1 N–H and O–H groups in total. The molecular formula is C16H16F2O2. The van der Waals surface area contributed by atoms with E-state index in [-0.39, 0.29) is 12.2 Å². The number of halogens is 2. The molecular weight excluding hydrogens is 262 g/mol. The maximum Gasteiger partial charge on any atom is 0.165 e. The van der Waals surface area contributed by atoms with Gasteiger partial charge in [-0.3, -0.25) is 4.39 Å². The highest BCUT2D eigenvalue weighted by Crippen LogP contribution is 2.29. The Hall–Kier alpha value is -1.94. The Morgan fingerprint density at radius 1 is 1.10 bits per heavy atom. The zero-order chi connectivity index (χ0) is 14.6. The van der Waals surface area contributed by atoms with E-state index < -0.39 is 18.1 Å². The van der Waals surface area contributed by atoms with E-state index in [0.29, 0.717) is 11.3 Å². The standard InChI is InChI=1S/C16H16F2O2/c1-16(19,10-11-17)12-6-8-13(9-7-12)20-15-5-3-2-4-14(15)18/h2-9,19H,10-11H2,1H3. The predicted octanol–water partition coefficient (Wildman–Crippen LogP) is 4.19. The second-order valence-electron chi connectivity index (χ2n) is 4.77. The minimum Gasteiger partial charge on any atom is -0.454 e. The Morgan fingerprint density at radius 3 is 2.35 bits per heavy atom. The quantitative estimate of drug-likeness (QED) is 0.888. The molecule has 106 valence electrons. The van der Waals surface area contributed by atoms with Crippen molar-refractivity contribution in [3.8, 4) is 11.5 Å². The van der Waals surface area contributed by atoms with Crippen molar-refractivity contribution >= 4 is 0 Å². The van der Waals surface area contributed by atoms with Crippen molar-refractivity contribution in [1.29, 1.82) is 0 Å². The maximum absolute atomic E-state index is 13.4. The van der Waals surface area contributed by atoms with Gasteiger partial charge < -0.3 is 9.84 Å². The van der Waals surface area contributed by atoms with E-state index in [0.717, 1.165) is 0 Å². The summed E-state index contributed by atoms with van der Waals surface area (Å²) >= 11 is 0. The van der Waals surface area contributed by atoms with Gasteiger partial charge in [0, 0.05) is 6.42 Å². The Bertz CT molecular complexity index is 565. The van der Waals surface area contributed by atoms with Crippen molar-refractivity contribution in [3.63, 3.8) is 0 Å². The molecule has 1 atom stereocenters. The van der Waals surface area contributed by atoms with E-state index in [9.17, 15) is 13.9 Å². The van der Waals surface area contributed by atoms with Crippen LogP contribution < -0.4 is 4.74 Å². The van der Waals surface area contributed by atoms with Gasteiger partial charge in [-0.25, -0.2) is 4.39 Å². The molecule has 0 aliphatic heterocycles. The van der Waals surface area contributed by atoms with Crippen molar-refractivity contribution in [2.75, 3.05) is 6.67 Å². The van der Waals surface area contributed by atoms with Gasteiger partial charge in [-0.1, -0.05) is 24.3 Å². The molecule has 0 amide bonds. The van der Waals surface area contributed by atoms with Gasteiger partial charge >= 0.3 is 0 Å². The van der Waals surface area contributed by atoms with E-state index >= 15 is 0 Å². The largest absolute Gasteiger partial charge is 0.454 e. The molecule has 0 radical (unpaired) electrons. The number of hydrogen-bond acceptors (Lipinski definition) is 2. The Labute approximate surface area is 116 Å². The monoisotopic (exact) mass is 278 g/mol. The molecule has 0 aliphatic carbocycles. The summed E-state index contributed by atoms with van der Waals surface area (Å²) in [6, 6.07) is 12.6. The lowest BCUT2D eigenvalue weighted by Gasteiger charge is -2.22. The molecule has 2 aromatic rings. The first kappa shape index (κ1) is 14.5. The third-order valence-electron chi connectivity index (χ3n) is 3.12. The number of rotatable bonds is 5. The van der Waals surface area contributed by atoms with Crippen LogP contribution in [0.1, 0.15) is 18.9 Å². The van der Waals surface area contributed by atoms with Gasteiger partial charge in [-0.05, 0) is 36.8 Å². The summed E-state index contributed by atoms with van der Waals surface area (Å²) in [5.41, 5.74) is -0.623. The molecule has 2 rings (SSSR count). The molecule has 20 heavy (non-hydrogen) atoms. The van der Waals surface area contributed by atoms with Crippen molar-refractivity contribution in [2.24, 2.45) is 0 Å². The van der Waals surface area contributed by atoms with Crippen LogP contribution in [0.4, 0.5) is 8.78 Å². The molecule has 2 nitrogen and oxygen atoms in total. The molecule has 1 unspecified atom stereocenters. The Balaban J connectivity index is 2.15. The van der Waals surface area contributed by atoms with Gasteiger partial charge in [0.05, 0.1) is 12.3 Å². The number of ether oxygens (including phenoxy) is 1. The fourth-order valence-corrected chi connectivity index (χ4v) is 1.86. The Morgan fingerprint density at radius 2 is 1.75 bits per heavy atom. The van der Waals surface area contributed by atoms with Crippen LogP contribution in [-0.4, -0.2) is 11.8 Å². The average molecular weight is 278 g/mol. The van der Waals surface area contributed by atoms with Crippen LogP contribution in [0, 0.1) is 5.82 Å². The second kappa shape index (κ2) is 6.01. The van der Waals surface area contributed by atoms with Crippen LogP contribution in [0.15, 0.2) is 48.5 Å². The molecule has 0 bridgehead atoms. The average Bonchev–Trinajstić information content (AvgIpc) is 2.42. The van der Waals surface area contributed by atoms with E-state index in [4.69, 9.17) is 4.74 Å². The SMILES string of the molecule is CC(O)(CCF)c1ccc(Oc2ccccc2F)cc1. The minimum absolute atomic E-state index is 0.0283. The third kappa shape index (κ3) is 3.33. The van der Waals surface area contributed by atoms with Gasteiger partial charge in [0.25, 0.3) is 0 Å². The lowest BCUT2D eigenvalue weighted by Crippen LogP contribution is -2.21. The van der Waals surface area contributed by atoms with E-state index in [2.05, 4.69) is 0 Å². The van der Waals surface area contributed by atoms with Crippen LogP contribution in [0.25, 0.3) is 0 Å². The summed E-state index contributed by atoms with van der Waals surface area (Å²) < 4.78 is 31.2. The van der Waals surface area contributed by atoms with Crippen molar-refractivity contribution in [3.05, 3.63) is 59.9 Å². The first-order valence-corrected chi connectivity index (χ1v) is 6.34. The maximum atomic E-state index is 13.4. The Kier molecular flexibility index (Phi) is 4.35. The van der Waals surface area contributed by atoms with Gasteiger partial charge in [-0.15, -0.1) is 0 Å². The zero-order valence-electron chi connectivity index (χ0n) is 11.1. The summed E-state index contributed by atoms with van der Waals surface area (Å²) in [4.78, 5) is 0. The van der Waals surface area contributed by atoms with Crippen LogP contribution in [0.2, 0.25) is 0 Å². The highest BCUT2D eigenvalue weighted by molar-refractivity contribution is 5.35. The molecule has 0 spiro atoms. The van der Waals surface area contributed by atoms with Crippen molar-refractivity contribution < 1.29 is 18.6 Å². The van der Waals surface area contributed by atoms with E-state index in [1.807, 2.05) is 0 Å². The minimum atomic E-state index is -1.22. The predicted molar refractivity (Wildman–Crippen MR) is 73.1 cm³/mol. The smallest absolute Gasteiger partial charge is 0.165 e. The third-order valence-corrected chi connectivity index (χ3v) is 3.12. The number of para-hydroxylation sites is 1. The van der Waals surface area contributed by atoms with Gasteiger partial charge in [-0.2, -0.15) is 0 Å². The number of benzene rings is 2. The number of hydrogen-bond donors (Lipinski definition) is 1. The second-order valence-corrected chi connectivity index (χ2v) is 4.77. The van der Waals surface area contributed by atoms with E-state index in [1.54, 1.807) is 43.3 Å². The molecule has 0 heterocycles. The van der Waals surface area contributed by atoms with Crippen LogP contribution in [0.5, 0.6) is 11.5 Å². The van der Waals surface area contributed by atoms with Crippen LogP contribution >= 0.6 is 0 Å². The molecule has 0 fully saturated rings. The van der Waals surface area contributed by atoms with Gasteiger partial charge in [0.2, 0.25) is 0 Å². The fraction of sp³-hybridized carbons (Fsp3) is 0.250. The summed E-state index contributed by atoms with van der Waals surface area (Å²) in [5.74, 6) is 0.145. The lowest BCUT2D eigenvalue weighted by atomic mass is 9.93. The lowest BCUT2D eigenvalue weighted by molar-refractivity contribution is 0.0408. The first-order chi connectivity index (χ1) is 9.53. The molecule has 0 saturated carbocycles. The van der Waals surface area contributed by atoms with Crippen molar-refractivity contribution in [2.45, 2.75) is 18.9 Å². The molecule has 0 saturated heterocycles. The summed E-state index contributed by atoms with van der Waals surface area (Å²) in [7, 11) is 0. The van der Waals surface area contributed by atoms with Crippen molar-refractivity contribution in [1.82, 2.24) is 0 Å². The van der Waals surface area contributed by atoms with Gasteiger partial charge in [0.15, 0.2) is 11.6 Å². The summed E-state index contributed by atoms with van der Waals surface area (Å²) in [6.45, 7) is 0.958. The summed E-state index contributed by atoms with van der Waals surface area (Å²) in [5, 5.41) is 10.1. The van der Waals surface area contributed by atoms with E-state index in [1.165, 1.54) is 12.1 Å². The first-order valence-electron chi connectivity index (χ1n) is 6.34.